The molecule has 110 valence electrons. The SMILES string of the molecule is CC1CC(=O)C2(C=CN(C(=O)OC(C)(C)C)C=C2F)C1. The van der Waals surface area contributed by atoms with E-state index in [1.54, 1.807) is 20.8 Å². The van der Waals surface area contributed by atoms with E-state index in [2.05, 4.69) is 0 Å². The van der Waals surface area contributed by atoms with Crippen LogP contribution in [0.25, 0.3) is 0 Å². The Kier molecular flexibility index (Phi) is 3.48. The zero-order chi connectivity index (χ0) is 15.1. The monoisotopic (exact) mass is 281 g/mol. The van der Waals surface area contributed by atoms with E-state index in [0.717, 1.165) is 11.1 Å². The molecule has 2 atom stereocenters. The molecule has 1 aliphatic heterocycles. The first kappa shape index (κ1) is 14.8. The first-order chi connectivity index (χ1) is 9.14. The predicted molar refractivity (Wildman–Crippen MR) is 72.2 cm³/mol. The van der Waals surface area contributed by atoms with Crippen LogP contribution in [0, 0.1) is 11.3 Å². The molecule has 2 rings (SSSR count). The molecule has 4 nitrogen and oxygen atoms in total. The molecule has 0 N–H and O–H groups in total. The summed E-state index contributed by atoms with van der Waals surface area (Å²) >= 11 is 0. The van der Waals surface area contributed by atoms with Crippen LogP contribution < -0.4 is 0 Å². The lowest BCUT2D eigenvalue weighted by Gasteiger charge is -2.30. The van der Waals surface area contributed by atoms with Crippen molar-refractivity contribution in [3.63, 3.8) is 0 Å². The molecule has 0 aromatic heterocycles. The molecule has 0 aromatic carbocycles. The number of halogens is 1. The molecular weight excluding hydrogens is 261 g/mol. The van der Waals surface area contributed by atoms with Gasteiger partial charge in [0.2, 0.25) is 0 Å². The van der Waals surface area contributed by atoms with Crippen LogP contribution in [0.5, 0.6) is 0 Å². The Labute approximate surface area is 118 Å². The average molecular weight is 281 g/mol. The molecular formula is C15H20FNO3. The zero-order valence-corrected chi connectivity index (χ0v) is 12.3. The van der Waals surface area contributed by atoms with E-state index in [1.165, 1.54) is 12.3 Å². The topological polar surface area (TPSA) is 46.6 Å². The van der Waals surface area contributed by atoms with Crippen molar-refractivity contribution in [3.8, 4) is 0 Å². The number of ketones is 1. The number of ether oxygens (including phenoxy) is 1. The van der Waals surface area contributed by atoms with Gasteiger partial charge in [-0.15, -0.1) is 0 Å². The van der Waals surface area contributed by atoms with Crippen molar-refractivity contribution in [2.75, 3.05) is 0 Å². The van der Waals surface area contributed by atoms with Crippen LogP contribution in [0.15, 0.2) is 24.3 Å². The van der Waals surface area contributed by atoms with Gasteiger partial charge in [0, 0.05) is 18.8 Å². The molecule has 1 heterocycles. The van der Waals surface area contributed by atoms with Crippen LogP contribution in [0.1, 0.15) is 40.5 Å². The van der Waals surface area contributed by atoms with Gasteiger partial charge < -0.3 is 4.74 Å². The lowest BCUT2D eigenvalue weighted by Crippen LogP contribution is -2.35. The van der Waals surface area contributed by atoms with Gasteiger partial charge in [-0.2, -0.15) is 0 Å². The van der Waals surface area contributed by atoms with Gasteiger partial charge in [-0.25, -0.2) is 9.18 Å². The smallest absolute Gasteiger partial charge is 0.418 e. The molecule has 5 heteroatoms. The van der Waals surface area contributed by atoms with Crippen molar-refractivity contribution in [3.05, 3.63) is 24.3 Å². The summed E-state index contributed by atoms with van der Waals surface area (Å²) in [5, 5.41) is 0. The van der Waals surface area contributed by atoms with Gasteiger partial charge in [0.05, 0.1) is 0 Å². The van der Waals surface area contributed by atoms with Crippen molar-refractivity contribution in [2.24, 2.45) is 11.3 Å². The summed E-state index contributed by atoms with van der Waals surface area (Å²) in [6.07, 6.45) is 4.14. The van der Waals surface area contributed by atoms with Crippen molar-refractivity contribution in [1.29, 1.82) is 0 Å². The van der Waals surface area contributed by atoms with Crippen LogP contribution in [0.2, 0.25) is 0 Å². The van der Waals surface area contributed by atoms with Gasteiger partial charge in [0.15, 0.2) is 0 Å². The number of carbonyl (C=O) groups is 2. The second-order valence-electron chi connectivity index (χ2n) is 6.59. The summed E-state index contributed by atoms with van der Waals surface area (Å²) < 4.78 is 19.5. The number of rotatable bonds is 0. The Balaban J connectivity index is 2.18. The first-order valence-corrected chi connectivity index (χ1v) is 6.76. The molecule has 20 heavy (non-hydrogen) atoms. The molecule has 1 aliphatic carbocycles. The molecule has 1 fully saturated rings. The number of hydrogen-bond donors (Lipinski definition) is 0. The minimum absolute atomic E-state index is 0.126. The highest BCUT2D eigenvalue weighted by atomic mass is 19.1. The number of hydrogen-bond acceptors (Lipinski definition) is 3. The van der Waals surface area contributed by atoms with Crippen LogP contribution >= 0.6 is 0 Å². The Morgan fingerprint density at radius 1 is 1.50 bits per heavy atom. The minimum atomic E-state index is -1.17. The number of Topliss-reactive ketones (excluding diaryl/α,β-unsaturated/α-hetero) is 1. The maximum Gasteiger partial charge on any atom is 0.418 e. The standard InChI is InChI=1S/C15H20FNO3/c1-10-7-12(18)15(8-10)5-6-17(9-11(15)16)13(19)20-14(2,3)4/h5-6,9-10H,7-8H2,1-4H3. The highest BCUT2D eigenvalue weighted by Gasteiger charge is 2.48. The lowest BCUT2D eigenvalue weighted by molar-refractivity contribution is -0.123. The van der Waals surface area contributed by atoms with Crippen LogP contribution in [-0.2, 0) is 9.53 Å². The molecule has 2 unspecified atom stereocenters. The van der Waals surface area contributed by atoms with Crippen molar-refractivity contribution in [2.45, 2.75) is 46.1 Å². The van der Waals surface area contributed by atoms with Gasteiger partial charge >= 0.3 is 6.09 Å². The molecule has 0 radical (unpaired) electrons. The number of allylic oxidation sites excluding steroid dienone is 2. The molecule has 1 spiro atoms. The fraction of sp³-hybridized carbons (Fsp3) is 0.600. The second kappa shape index (κ2) is 4.72. The Morgan fingerprint density at radius 2 is 2.15 bits per heavy atom. The maximum absolute atomic E-state index is 14.4. The number of amides is 1. The Morgan fingerprint density at radius 3 is 2.60 bits per heavy atom. The van der Waals surface area contributed by atoms with Gasteiger partial charge in [-0.3, -0.25) is 9.69 Å². The minimum Gasteiger partial charge on any atom is -0.443 e. The third-order valence-corrected chi connectivity index (χ3v) is 3.50. The van der Waals surface area contributed by atoms with Crippen LogP contribution in [0.3, 0.4) is 0 Å². The maximum atomic E-state index is 14.4. The fourth-order valence-electron chi connectivity index (χ4n) is 2.62. The Bertz CT molecular complexity index is 504. The average Bonchev–Trinajstić information content (AvgIpc) is 2.56. The summed E-state index contributed by atoms with van der Waals surface area (Å²) in [5.41, 5.74) is -1.82. The highest BCUT2D eigenvalue weighted by molar-refractivity contribution is 5.92. The van der Waals surface area contributed by atoms with Crippen LogP contribution in [-0.4, -0.2) is 22.4 Å². The highest BCUT2D eigenvalue weighted by Crippen LogP contribution is 2.47. The predicted octanol–water partition coefficient (Wildman–Crippen LogP) is 3.55. The lowest BCUT2D eigenvalue weighted by atomic mass is 9.82. The number of nitrogens with zero attached hydrogens (tertiary/aromatic N) is 1. The third-order valence-electron chi connectivity index (χ3n) is 3.50. The molecule has 0 saturated heterocycles. The largest absolute Gasteiger partial charge is 0.443 e. The van der Waals surface area contributed by atoms with Crippen molar-refractivity contribution < 1.29 is 18.7 Å². The quantitative estimate of drug-likeness (QED) is 0.682. The second-order valence-corrected chi connectivity index (χ2v) is 6.59. The zero-order valence-electron chi connectivity index (χ0n) is 12.3. The fourth-order valence-corrected chi connectivity index (χ4v) is 2.62. The van der Waals surface area contributed by atoms with E-state index >= 15 is 0 Å². The molecule has 1 amide bonds. The van der Waals surface area contributed by atoms with E-state index in [0.29, 0.717) is 12.8 Å². The third kappa shape index (κ3) is 2.62. The molecule has 1 saturated carbocycles. The summed E-state index contributed by atoms with van der Waals surface area (Å²) in [7, 11) is 0. The summed E-state index contributed by atoms with van der Waals surface area (Å²) in [6.45, 7) is 7.14. The summed E-state index contributed by atoms with van der Waals surface area (Å²) in [5.74, 6) is -0.557. The molecule has 0 aromatic rings. The van der Waals surface area contributed by atoms with Crippen LogP contribution in [0.4, 0.5) is 9.18 Å². The van der Waals surface area contributed by atoms with E-state index < -0.39 is 22.9 Å². The Hall–Kier alpha value is -1.65. The summed E-state index contributed by atoms with van der Waals surface area (Å²) in [6, 6.07) is 0. The first-order valence-electron chi connectivity index (χ1n) is 6.76. The van der Waals surface area contributed by atoms with Crippen molar-refractivity contribution in [1.82, 2.24) is 4.90 Å². The summed E-state index contributed by atoms with van der Waals surface area (Å²) in [4.78, 5) is 24.9. The van der Waals surface area contributed by atoms with E-state index in [-0.39, 0.29) is 11.7 Å². The normalized spacial score (nSPS) is 29.9. The van der Waals surface area contributed by atoms with Crippen molar-refractivity contribution >= 4 is 11.9 Å². The van der Waals surface area contributed by atoms with Gasteiger partial charge in [-0.1, -0.05) is 6.92 Å². The molecule has 2 aliphatic rings. The van der Waals surface area contributed by atoms with Gasteiger partial charge in [0.1, 0.15) is 22.6 Å². The van der Waals surface area contributed by atoms with E-state index in [4.69, 9.17) is 4.74 Å². The van der Waals surface area contributed by atoms with Gasteiger partial charge in [0.25, 0.3) is 0 Å². The van der Waals surface area contributed by atoms with E-state index in [9.17, 15) is 14.0 Å². The van der Waals surface area contributed by atoms with Gasteiger partial charge in [-0.05, 0) is 39.2 Å². The van der Waals surface area contributed by atoms with E-state index in [1.807, 2.05) is 6.92 Å². The number of carbonyl (C=O) groups excluding carboxylic acids is 2. The molecule has 0 bridgehead atoms.